The lowest BCUT2D eigenvalue weighted by Crippen LogP contribution is -2.14. The Labute approximate surface area is 114 Å². The van der Waals surface area contributed by atoms with Crippen molar-refractivity contribution in [2.24, 2.45) is 5.73 Å². The van der Waals surface area contributed by atoms with Gasteiger partial charge < -0.3 is 10.5 Å². The molecule has 2 aromatic rings. The van der Waals surface area contributed by atoms with Gasteiger partial charge in [0.2, 0.25) is 0 Å². The number of rotatable bonds is 5. The molecule has 1 aromatic heterocycles. The summed E-state index contributed by atoms with van der Waals surface area (Å²) in [7, 11) is 1.66. The predicted octanol–water partition coefficient (Wildman–Crippen LogP) is 2.90. The molecule has 1 atom stereocenters. The summed E-state index contributed by atoms with van der Waals surface area (Å²) >= 11 is 0. The number of methoxy groups -OCH3 is 1. The Bertz CT molecular complexity index is 523. The van der Waals surface area contributed by atoms with Crippen molar-refractivity contribution in [3.63, 3.8) is 0 Å². The first-order valence-electron chi connectivity index (χ1n) is 6.56. The molecule has 0 aliphatic heterocycles. The van der Waals surface area contributed by atoms with Crippen LogP contribution < -0.4 is 10.5 Å². The van der Waals surface area contributed by atoms with Gasteiger partial charge in [0.1, 0.15) is 5.75 Å². The van der Waals surface area contributed by atoms with Crippen LogP contribution in [0.2, 0.25) is 0 Å². The Hall–Kier alpha value is -1.87. The van der Waals surface area contributed by atoms with Crippen LogP contribution in [-0.4, -0.2) is 12.1 Å². The molecule has 1 aromatic carbocycles. The van der Waals surface area contributed by atoms with Gasteiger partial charge in [-0.15, -0.1) is 0 Å². The van der Waals surface area contributed by atoms with E-state index in [1.165, 1.54) is 5.56 Å². The van der Waals surface area contributed by atoms with Crippen molar-refractivity contribution >= 4 is 0 Å². The van der Waals surface area contributed by atoms with Gasteiger partial charge in [-0.05, 0) is 35.7 Å². The second kappa shape index (κ2) is 6.34. The first kappa shape index (κ1) is 13.6. The summed E-state index contributed by atoms with van der Waals surface area (Å²) < 4.78 is 5.21. The third-order valence-electron chi connectivity index (χ3n) is 3.25. The first-order valence-corrected chi connectivity index (χ1v) is 6.56. The van der Waals surface area contributed by atoms with Gasteiger partial charge in [0, 0.05) is 24.4 Å². The fraction of sp³-hybridized carbons (Fsp3) is 0.312. The van der Waals surface area contributed by atoms with E-state index in [1.54, 1.807) is 7.11 Å². The van der Waals surface area contributed by atoms with Crippen molar-refractivity contribution in [3.8, 4) is 5.75 Å². The van der Waals surface area contributed by atoms with E-state index in [4.69, 9.17) is 10.5 Å². The molecule has 0 aliphatic carbocycles. The lowest BCUT2D eigenvalue weighted by molar-refractivity contribution is 0.413. The zero-order valence-electron chi connectivity index (χ0n) is 11.5. The van der Waals surface area contributed by atoms with E-state index in [9.17, 15) is 0 Å². The molecule has 0 bridgehead atoms. The largest absolute Gasteiger partial charge is 0.497 e. The molecule has 0 spiro atoms. The number of benzene rings is 1. The number of nitrogens with zero attached hydrogens (tertiary/aromatic N) is 1. The van der Waals surface area contributed by atoms with Crippen LogP contribution in [0, 0.1) is 0 Å². The number of ether oxygens (including phenoxy) is 1. The highest BCUT2D eigenvalue weighted by Gasteiger charge is 2.09. The third-order valence-corrected chi connectivity index (χ3v) is 3.25. The Morgan fingerprint density at radius 2 is 2.11 bits per heavy atom. The second-order valence-electron chi connectivity index (χ2n) is 4.60. The molecule has 0 radical (unpaired) electrons. The van der Waals surface area contributed by atoms with Gasteiger partial charge >= 0.3 is 0 Å². The SMILES string of the molecule is CCc1ccc(CC(N)c2cccc(OC)c2)nc1. The topological polar surface area (TPSA) is 48.1 Å². The fourth-order valence-electron chi connectivity index (χ4n) is 2.00. The van der Waals surface area contributed by atoms with Crippen LogP contribution in [-0.2, 0) is 12.8 Å². The molecule has 3 heteroatoms. The molecule has 0 amide bonds. The van der Waals surface area contributed by atoms with Gasteiger partial charge in [0.25, 0.3) is 0 Å². The monoisotopic (exact) mass is 256 g/mol. The number of pyridine rings is 1. The Kier molecular flexibility index (Phi) is 4.53. The molecule has 100 valence electrons. The Balaban J connectivity index is 2.08. The number of aromatic nitrogens is 1. The van der Waals surface area contributed by atoms with Crippen LogP contribution >= 0.6 is 0 Å². The van der Waals surface area contributed by atoms with Crippen LogP contribution in [0.5, 0.6) is 5.75 Å². The van der Waals surface area contributed by atoms with Crippen molar-refractivity contribution in [2.75, 3.05) is 7.11 Å². The predicted molar refractivity (Wildman–Crippen MR) is 77.2 cm³/mol. The van der Waals surface area contributed by atoms with E-state index in [1.807, 2.05) is 30.5 Å². The maximum Gasteiger partial charge on any atom is 0.119 e. The van der Waals surface area contributed by atoms with Gasteiger partial charge in [-0.1, -0.05) is 25.1 Å². The van der Waals surface area contributed by atoms with Crippen LogP contribution in [0.3, 0.4) is 0 Å². The van der Waals surface area contributed by atoms with E-state index in [0.717, 1.165) is 29.8 Å². The second-order valence-corrected chi connectivity index (χ2v) is 4.60. The Morgan fingerprint density at radius 3 is 2.74 bits per heavy atom. The first-order chi connectivity index (χ1) is 9.22. The average Bonchev–Trinajstić information content (AvgIpc) is 2.48. The molecule has 3 nitrogen and oxygen atoms in total. The van der Waals surface area contributed by atoms with Crippen LogP contribution in [0.1, 0.15) is 29.8 Å². The minimum atomic E-state index is -0.0601. The number of nitrogens with two attached hydrogens (primary N) is 1. The molecule has 2 N–H and O–H groups in total. The van der Waals surface area contributed by atoms with Crippen molar-refractivity contribution < 1.29 is 4.74 Å². The number of hydrogen-bond acceptors (Lipinski definition) is 3. The van der Waals surface area contributed by atoms with E-state index in [-0.39, 0.29) is 6.04 Å². The van der Waals surface area contributed by atoms with Crippen LogP contribution in [0.4, 0.5) is 0 Å². The lowest BCUT2D eigenvalue weighted by Gasteiger charge is -2.13. The molecule has 19 heavy (non-hydrogen) atoms. The number of hydrogen-bond donors (Lipinski definition) is 1. The molecule has 0 aliphatic rings. The van der Waals surface area contributed by atoms with Crippen molar-refractivity contribution in [2.45, 2.75) is 25.8 Å². The van der Waals surface area contributed by atoms with Crippen molar-refractivity contribution in [1.29, 1.82) is 0 Å². The normalized spacial score (nSPS) is 12.2. The summed E-state index contributed by atoms with van der Waals surface area (Å²) in [4.78, 5) is 4.45. The summed E-state index contributed by atoms with van der Waals surface area (Å²) in [5.41, 5.74) is 9.57. The summed E-state index contributed by atoms with van der Waals surface area (Å²) in [6.45, 7) is 2.12. The van der Waals surface area contributed by atoms with Gasteiger partial charge in [-0.25, -0.2) is 0 Å². The van der Waals surface area contributed by atoms with E-state index >= 15 is 0 Å². The maximum absolute atomic E-state index is 6.23. The average molecular weight is 256 g/mol. The van der Waals surface area contributed by atoms with E-state index in [2.05, 4.69) is 24.0 Å². The highest BCUT2D eigenvalue weighted by Crippen LogP contribution is 2.20. The van der Waals surface area contributed by atoms with E-state index < -0.39 is 0 Å². The van der Waals surface area contributed by atoms with Crippen molar-refractivity contribution in [1.82, 2.24) is 4.98 Å². The summed E-state index contributed by atoms with van der Waals surface area (Å²) in [5.74, 6) is 0.835. The standard InChI is InChI=1S/C16H20N2O/c1-3-12-7-8-14(18-11-12)10-16(17)13-5-4-6-15(9-13)19-2/h4-9,11,16H,3,10,17H2,1-2H3. The molecule has 0 fully saturated rings. The highest BCUT2D eigenvalue weighted by molar-refractivity contribution is 5.31. The summed E-state index contributed by atoms with van der Waals surface area (Å²) in [6.07, 6.45) is 3.67. The fourth-order valence-corrected chi connectivity index (χ4v) is 2.00. The zero-order chi connectivity index (χ0) is 13.7. The summed E-state index contributed by atoms with van der Waals surface area (Å²) in [5, 5.41) is 0. The minimum Gasteiger partial charge on any atom is -0.497 e. The molecular formula is C16H20N2O. The van der Waals surface area contributed by atoms with Gasteiger partial charge in [0.15, 0.2) is 0 Å². The minimum absolute atomic E-state index is 0.0601. The zero-order valence-corrected chi connectivity index (χ0v) is 11.5. The molecule has 1 heterocycles. The molecular weight excluding hydrogens is 236 g/mol. The van der Waals surface area contributed by atoms with Crippen LogP contribution in [0.15, 0.2) is 42.6 Å². The maximum atomic E-state index is 6.23. The molecule has 0 saturated carbocycles. The summed E-state index contributed by atoms with van der Waals surface area (Å²) in [6, 6.07) is 12.0. The van der Waals surface area contributed by atoms with Gasteiger partial charge in [-0.2, -0.15) is 0 Å². The molecule has 2 rings (SSSR count). The quantitative estimate of drug-likeness (QED) is 0.894. The van der Waals surface area contributed by atoms with Crippen molar-refractivity contribution in [3.05, 3.63) is 59.4 Å². The van der Waals surface area contributed by atoms with Crippen LogP contribution in [0.25, 0.3) is 0 Å². The van der Waals surface area contributed by atoms with Gasteiger partial charge in [-0.3, -0.25) is 4.98 Å². The molecule has 0 saturated heterocycles. The Morgan fingerprint density at radius 1 is 1.26 bits per heavy atom. The highest BCUT2D eigenvalue weighted by atomic mass is 16.5. The van der Waals surface area contributed by atoms with E-state index in [0.29, 0.717) is 0 Å². The third kappa shape index (κ3) is 3.55. The smallest absolute Gasteiger partial charge is 0.119 e. The molecule has 1 unspecified atom stereocenters. The number of aryl methyl sites for hydroxylation is 1. The lowest BCUT2D eigenvalue weighted by atomic mass is 10.0. The van der Waals surface area contributed by atoms with Gasteiger partial charge in [0.05, 0.1) is 7.11 Å².